The minimum atomic E-state index is -0.0456. The van der Waals surface area contributed by atoms with Gasteiger partial charge in [0.1, 0.15) is 0 Å². The van der Waals surface area contributed by atoms with Crippen LogP contribution in [0.3, 0.4) is 0 Å². The predicted octanol–water partition coefficient (Wildman–Crippen LogP) is 2.60. The van der Waals surface area contributed by atoms with E-state index in [0.29, 0.717) is 11.8 Å². The van der Waals surface area contributed by atoms with Crippen molar-refractivity contribution in [2.24, 2.45) is 17.6 Å². The van der Waals surface area contributed by atoms with E-state index in [2.05, 4.69) is 10.1 Å². The number of rotatable bonds is 4. The van der Waals surface area contributed by atoms with E-state index < -0.39 is 0 Å². The Morgan fingerprint density at radius 2 is 1.94 bits per heavy atom. The SMILES string of the molecule is NC(c1nc(CC2CC2)no1)C1CCCCC1. The molecule has 1 aromatic heterocycles. The average molecular weight is 235 g/mol. The zero-order valence-electron chi connectivity index (χ0n) is 10.3. The van der Waals surface area contributed by atoms with E-state index in [-0.39, 0.29) is 6.04 Å². The summed E-state index contributed by atoms with van der Waals surface area (Å²) in [4.78, 5) is 4.46. The molecule has 0 aromatic carbocycles. The van der Waals surface area contributed by atoms with Crippen LogP contribution in [0.4, 0.5) is 0 Å². The molecule has 1 unspecified atom stereocenters. The molecule has 3 rings (SSSR count). The summed E-state index contributed by atoms with van der Waals surface area (Å²) < 4.78 is 5.32. The Labute approximate surface area is 102 Å². The monoisotopic (exact) mass is 235 g/mol. The molecule has 1 atom stereocenters. The minimum absolute atomic E-state index is 0.0456. The van der Waals surface area contributed by atoms with Crippen molar-refractivity contribution in [3.63, 3.8) is 0 Å². The Morgan fingerprint density at radius 1 is 1.18 bits per heavy atom. The molecule has 1 heterocycles. The topological polar surface area (TPSA) is 64.9 Å². The molecule has 2 saturated carbocycles. The molecule has 4 nitrogen and oxygen atoms in total. The van der Waals surface area contributed by atoms with Crippen molar-refractivity contribution in [3.05, 3.63) is 11.7 Å². The van der Waals surface area contributed by atoms with Crippen molar-refractivity contribution in [3.8, 4) is 0 Å². The van der Waals surface area contributed by atoms with Gasteiger partial charge in [0.2, 0.25) is 5.89 Å². The van der Waals surface area contributed by atoms with Gasteiger partial charge >= 0.3 is 0 Å². The van der Waals surface area contributed by atoms with E-state index in [1.807, 2.05) is 0 Å². The normalized spacial score (nSPS) is 23.8. The van der Waals surface area contributed by atoms with Gasteiger partial charge in [-0.25, -0.2) is 0 Å². The highest BCUT2D eigenvalue weighted by atomic mass is 16.5. The maximum atomic E-state index is 6.23. The maximum Gasteiger partial charge on any atom is 0.243 e. The highest BCUT2D eigenvalue weighted by Gasteiger charge is 2.28. The van der Waals surface area contributed by atoms with Crippen LogP contribution in [0.5, 0.6) is 0 Å². The minimum Gasteiger partial charge on any atom is -0.338 e. The first-order valence-corrected chi connectivity index (χ1v) is 6.91. The molecule has 0 amide bonds. The molecule has 0 spiro atoms. The van der Waals surface area contributed by atoms with Crippen LogP contribution in [0.15, 0.2) is 4.52 Å². The van der Waals surface area contributed by atoms with Gasteiger partial charge in [0.25, 0.3) is 0 Å². The molecule has 2 N–H and O–H groups in total. The molecule has 1 aromatic rings. The fraction of sp³-hybridized carbons (Fsp3) is 0.846. The number of hydrogen-bond acceptors (Lipinski definition) is 4. The quantitative estimate of drug-likeness (QED) is 0.871. The zero-order chi connectivity index (χ0) is 11.7. The summed E-state index contributed by atoms with van der Waals surface area (Å²) in [6.07, 6.45) is 9.96. The summed E-state index contributed by atoms with van der Waals surface area (Å²) in [6, 6.07) is -0.0456. The molecule has 94 valence electrons. The molecule has 0 bridgehead atoms. The smallest absolute Gasteiger partial charge is 0.243 e. The molecule has 4 heteroatoms. The Balaban J connectivity index is 1.62. The van der Waals surface area contributed by atoms with Crippen LogP contribution in [-0.4, -0.2) is 10.1 Å². The lowest BCUT2D eigenvalue weighted by Crippen LogP contribution is -2.23. The first kappa shape index (κ1) is 11.2. The Bertz CT molecular complexity index is 366. The lowest BCUT2D eigenvalue weighted by Gasteiger charge is -2.24. The first-order valence-electron chi connectivity index (χ1n) is 6.91. The van der Waals surface area contributed by atoms with Crippen LogP contribution in [0.1, 0.15) is 62.7 Å². The Morgan fingerprint density at radius 3 is 2.65 bits per heavy atom. The van der Waals surface area contributed by atoms with Crippen molar-refractivity contribution < 1.29 is 4.52 Å². The van der Waals surface area contributed by atoms with E-state index >= 15 is 0 Å². The highest BCUT2D eigenvalue weighted by Crippen LogP contribution is 2.34. The van der Waals surface area contributed by atoms with Crippen molar-refractivity contribution in [2.75, 3.05) is 0 Å². The summed E-state index contributed by atoms with van der Waals surface area (Å²) >= 11 is 0. The van der Waals surface area contributed by atoms with Crippen LogP contribution in [0.2, 0.25) is 0 Å². The summed E-state index contributed by atoms with van der Waals surface area (Å²) in [6.45, 7) is 0. The molecule has 0 saturated heterocycles. The van der Waals surface area contributed by atoms with Crippen LogP contribution >= 0.6 is 0 Å². The Hall–Kier alpha value is -0.900. The standard InChI is InChI=1S/C13H21N3O/c14-12(10-4-2-1-3-5-10)13-15-11(16-17-13)8-9-6-7-9/h9-10,12H,1-8,14H2. The van der Waals surface area contributed by atoms with Gasteiger partial charge in [0, 0.05) is 6.42 Å². The Kier molecular flexibility index (Phi) is 3.14. The van der Waals surface area contributed by atoms with Crippen molar-refractivity contribution in [2.45, 2.75) is 57.4 Å². The van der Waals surface area contributed by atoms with E-state index in [0.717, 1.165) is 18.2 Å². The highest BCUT2D eigenvalue weighted by molar-refractivity contribution is 4.97. The number of aromatic nitrogens is 2. The van der Waals surface area contributed by atoms with E-state index in [9.17, 15) is 0 Å². The zero-order valence-corrected chi connectivity index (χ0v) is 10.3. The fourth-order valence-electron chi connectivity index (χ4n) is 2.76. The van der Waals surface area contributed by atoms with Gasteiger partial charge in [-0.15, -0.1) is 0 Å². The third-order valence-electron chi connectivity index (χ3n) is 4.09. The summed E-state index contributed by atoms with van der Waals surface area (Å²) in [5.41, 5.74) is 6.23. The molecule has 2 fully saturated rings. The average Bonchev–Trinajstić information content (AvgIpc) is 3.06. The second-order valence-electron chi connectivity index (χ2n) is 5.62. The van der Waals surface area contributed by atoms with Crippen LogP contribution in [-0.2, 0) is 6.42 Å². The van der Waals surface area contributed by atoms with Crippen molar-refractivity contribution in [1.82, 2.24) is 10.1 Å². The third kappa shape index (κ3) is 2.68. The predicted molar refractivity (Wildman–Crippen MR) is 64.2 cm³/mol. The second-order valence-corrected chi connectivity index (χ2v) is 5.62. The molecule has 0 aliphatic heterocycles. The molecule has 2 aliphatic carbocycles. The van der Waals surface area contributed by atoms with Gasteiger partial charge in [-0.2, -0.15) is 4.98 Å². The number of nitrogens with two attached hydrogens (primary N) is 1. The number of nitrogens with zero attached hydrogens (tertiary/aromatic N) is 2. The second kappa shape index (κ2) is 4.77. The van der Waals surface area contributed by atoms with Gasteiger partial charge in [-0.3, -0.25) is 0 Å². The van der Waals surface area contributed by atoms with Gasteiger partial charge in [0.15, 0.2) is 5.82 Å². The van der Waals surface area contributed by atoms with Gasteiger partial charge in [-0.1, -0.05) is 24.4 Å². The molecular weight excluding hydrogens is 214 g/mol. The van der Waals surface area contributed by atoms with E-state index in [1.165, 1.54) is 44.9 Å². The van der Waals surface area contributed by atoms with Crippen LogP contribution < -0.4 is 5.73 Å². The van der Waals surface area contributed by atoms with Gasteiger partial charge in [-0.05, 0) is 37.5 Å². The van der Waals surface area contributed by atoms with E-state index in [4.69, 9.17) is 10.3 Å². The van der Waals surface area contributed by atoms with Crippen LogP contribution in [0.25, 0.3) is 0 Å². The van der Waals surface area contributed by atoms with Crippen LogP contribution in [0, 0.1) is 11.8 Å². The molecule has 17 heavy (non-hydrogen) atoms. The largest absolute Gasteiger partial charge is 0.338 e. The summed E-state index contributed by atoms with van der Waals surface area (Å²) in [5.74, 6) is 2.85. The van der Waals surface area contributed by atoms with Gasteiger partial charge < -0.3 is 10.3 Å². The first-order chi connectivity index (χ1) is 8.33. The lowest BCUT2D eigenvalue weighted by atomic mass is 9.84. The molecule has 0 radical (unpaired) electrons. The van der Waals surface area contributed by atoms with E-state index in [1.54, 1.807) is 0 Å². The summed E-state index contributed by atoms with van der Waals surface area (Å²) in [5, 5.41) is 4.05. The maximum absolute atomic E-state index is 6.23. The fourth-order valence-corrected chi connectivity index (χ4v) is 2.76. The molecule has 2 aliphatic rings. The third-order valence-corrected chi connectivity index (χ3v) is 4.09. The molecular formula is C13H21N3O. The van der Waals surface area contributed by atoms with Gasteiger partial charge in [0.05, 0.1) is 6.04 Å². The van der Waals surface area contributed by atoms with Crippen molar-refractivity contribution in [1.29, 1.82) is 0 Å². The lowest BCUT2D eigenvalue weighted by molar-refractivity contribution is 0.255. The number of hydrogen-bond donors (Lipinski definition) is 1. The van der Waals surface area contributed by atoms with Crippen molar-refractivity contribution >= 4 is 0 Å². The summed E-state index contributed by atoms with van der Waals surface area (Å²) in [7, 11) is 0.